The Hall–Kier alpha value is -3.48. The van der Waals surface area contributed by atoms with Crippen LogP contribution in [0, 0.1) is 11.8 Å². The lowest BCUT2D eigenvalue weighted by Crippen LogP contribution is -2.24. The van der Waals surface area contributed by atoms with Crippen LogP contribution in [0.25, 0.3) is 23.3 Å². The number of hydrogen-bond acceptors (Lipinski definition) is 4. The molecule has 0 N–H and O–H groups in total. The Balaban J connectivity index is 0.000000280. The van der Waals surface area contributed by atoms with E-state index in [1.54, 1.807) is 14.2 Å². The molecule has 0 fully saturated rings. The van der Waals surface area contributed by atoms with Gasteiger partial charge in [-0.2, -0.15) is 0 Å². The molecular weight excluding hydrogens is 754 g/mol. The van der Waals surface area contributed by atoms with Crippen LogP contribution < -0.4 is 9.47 Å². The Morgan fingerprint density at radius 3 is 1.28 bits per heavy atom. The third-order valence-electron chi connectivity index (χ3n) is 9.55. The molecule has 54 heavy (non-hydrogen) atoms. The molecule has 288 valence electrons. The van der Waals surface area contributed by atoms with E-state index in [-0.39, 0.29) is 24.8 Å². The molecule has 2 atom stereocenters. The van der Waals surface area contributed by atoms with Crippen LogP contribution >= 0.6 is 48.0 Å². The molecule has 2 aliphatic carbocycles. The first-order valence-corrected chi connectivity index (χ1v) is 18.8. The fourth-order valence-corrected chi connectivity index (χ4v) is 7.30. The number of hydrogen-bond donors (Lipinski definition) is 0. The summed E-state index contributed by atoms with van der Waals surface area (Å²) in [4.78, 5) is 4.54. The van der Waals surface area contributed by atoms with E-state index in [0.29, 0.717) is 11.8 Å². The van der Waals surface area contributed by atoms with Crippen LogP contribution in [0.1, 0.15) is 47.9 Å². The molecule has 0 amide bonds. The average Bonchev–Trinajstić information content (AvgIpc) is 3.14. The molecule has 0 saturated heterocycles. The highest BCUT2D eigenvalue weighted by atomic mass is 35.5. The molecule has 0 bridgehead atoms. The predicted octanol–water partition coefficient (Wildman–Crippen LogP) is 12.4. The minimum absolute atomic E-state index is 0. The van der Waals surface area contributed by atoms with Gasteiger partial charge < -0.3 is 19.3 Å². The van der Waals surface area contributed by atoms with Crippen LogP contribution in [0.15, 0.2) is 120 Å². The Labute approximate surface area is 346 Å². The first kappa shape index (κ1) is 44.9. The molecule has 0 saturated carbocycles. The third kappa shape index (κ3) is 13.4. The van der Waals surface area contributed by atoms with E-state index < -0.39 is 0 Å². The minimum Gasteiger partial charge on any atom is -0.497 e. The molecule has 0 radical (unpaired) electrons. The zero-order chi connectivity index (χ0) is 37.0. The fourth-order valence-electron chi connectivity index (χ4n) is 7.05. The third-order valence-corrected chi connectivity index (χ3v) is 10.0. The van der Waals surface area contributed by atoms with E-state index in [1.807, 2.05) is 36.4 Å². The molecular formula is C46H54Cl4N2O2. The van der Waals surface area contributed by atoms with E-state index in [2.05, 4.69) is 123 Å². The Morgan fingerprint density at radius 1 is 0.574 bits per heavy atom. The normalized spacial score (nSPS) is 18.2. The number of ether oxygens (including phenoxy) is 2. The van der Waals surface area contributed by atoms with Gasteiger partial charge in [-0.05, 0) is 159 Å². The minimum atomic E-state index is 0. The van der Waals surface area contributed by atoms with Crippen LogP contribution in [-0.4, -0.2) is 65.3 Å². The van der Waals surface area contributed by atoms with Gasteiger partial charge in [0.25, 0.3) is 0 Å². The van der Waals surface area contributed by atoms with Crippen molar-refractivity contribution in [1.82, 2.24) is 9.80 Å². The van der Waals surface area contributed by atoms with Gasteiger partial charge in [-0.3, -0.25) is 0 Å². The van der Waals surface area contributed by atoms with Gasteiger partial charge in [0.2, 0.25) is 0 Å². The Morgan fingerprint density at radius 2 is 0.944 bits per heavy atom. The quantitative estimate of drug-likeness (QED) is 0.159. The monoisotopic (exact) mass is 806 g/mol. The van der Waals surface area contributed by atoms with E-state index >= 15 is 0 Å². The zero-order valence-corrected chi connectivity index (χ0v) is 35.4. The van der Waals surface area contributed by atoms with E-state index in [9.17, 15) is 0 Å². The van der Waals surface area contributed by atoms with Crippen molar-refractivity contribution >= 4 is 71.3 Å². The summed E-state index contributed by atoms with van der Waals surface area (Å²) < 4.78 is 10.9. The molecule has 4 aromatic carbocycles. The second-order valence-electron chi connectivity index (χ2n) is 14.2. The number of methoxy groups -OCH3 is 2. The zero-order valence-electron chi connectivity index (χ0n) is 32.2. The van der Waals surface area contributed by atoms with Gasteiger partial charge in [0.15, 0.2) is 0 Å². The van der Waals surface area contributed by atoms with Gasteiger partial charge >= 0.3 is 0 Å². The van der Waals surface area contributed by atoms with E-state index in [1.165, 1.54) is 44.5 Å². The molecule has 0 aromatic heterocycles. The lowest BCUT2D eigenvalue weighted by molar-refractivity contribution is 0.352. The van der Waals surface area contributed by atoms with Crippen LogP contribution in [0.3, 0.4) is 0 Å². The van der Waals surface area contributed by atoms with Crippen molar-refractivity contribution in [2.45, 2.75) is 25.7 Å². The van der Waals surface area contributed by atoms with Crippen molar-refractivity contribution in [3.8, 4) is 11.5 Å². The van der Waals surface area contributed by atoms with Gasteiger partial charge in [-0.1, -0.05) is 96.0 Å². The number of rotatable bonds is 10. The maximum Gasteiger partial charge on any atom is 0.119 e. The SMILES string of the molecule is COc1cccc(C2=C/C(=C/c3ccc(Cl)cc3)CCC2CN(C)C)c1.COc1cccc(C2=C/C(=C\c3ccc(Cl)cc3)CCC2CN(C)C)c1.Cl.Cl. The largest absolute Gasteiger partial charge is 0.497 e. The topological polar surface area (TPSA) is 24.9 Å². The highest BCUT2D eigenvalue weighted by molar-refractivity contribution is 6.30. The maximum atomic E-state index is 6.00. The number of halogens is 4. The Bertz CT molecular complexity index is 1760. The summed E-state index contributed by atoms with van der Waals surface area (Å²) in [5.41, 5.74) is 10.4. The van der Waals surface area contributed by atoms with Crippen LogP contribution in [0.2, 0.25) is 10.0 Å². The van der Waals surface area contributed by atoms with Gasteiger partial charge in [0, 0.05) is 23.1 Å². The predicted molar refractivity (Wildman–Crippen MR) is 238 cm³/mol. The van der Waals surface area contributed by atoms with Gasteiger partial charge in [-0.25, -0.2) is 0 Å². The molecule has 4 aromatic rings. The van der Waals surface area contributed by atoms with Crippen LogP contribution in [-0.2, 0) is 0 Å². The van der Waals surface area contributed by atoms with Crippen molar-refractivity contribution in [3.05, 3.63) is 153 Å². The number of nitrogens with zero attached hydrogens (tertiary/aromatic N) is 2. The molecule has 6 rings (SSSR count). The highest BCUT2D eigenvalue weighted by Crippen LogP contribution is 2.38. The summed E-state index contributed by atoms with van der Waals surface area (Å²) >= 11 is 12.0. The molecule has 0 aliphatic heterocycles. The van der Waals surface area contributed by atoms with Crippen molar-refractivity contribution in [3.63, 3.8) is 0 Å². The molecule has 0 spiro atoms. The van der Waals surface area contributed by atoms with E-state index in [4.69, 9.17) is 32.7 Å². The first-order chi connectivity index (χ1) is 25.1. The summed E-state index contributed by atoms with van der Waals surface area (Å²) in [6.07, 6.45) is 13.7. The smallest absolute Gasteiger partial charge is 0.119 e. The summed E-state index contributed by atoms with van der Waals surface area (Å²) in [5, 5.41) is 1.55. The van der Waals surface area contributed by atoms with Crippen molar-refractivity contribution in [2.24, 2.45) is 11.8 Å². The second-order valence-corrected chi connectivity index (χ2v) is 15.1. The molecule has 2 unspecified atom stereocenters. The van der Waals surface area contributed by atoms with Crippen molar-refractivity contribution < 1.29 is 9.47 Å². The average molecular weight is 809 g/mol. The molecule has 2 aliphatic rings. The van der Waals surface area contributed by atoms with Crippen molar-refractivity contribution in [1.29, 1.82) is 0 Å². The summed E-state index contributed by atoms with van der Waals surface area (Å²) in [7, 11) is 12.0. The number of allylic oxidation sites excluding steroid dienone is 4. The second kappa shape index (κ2) is 22.2. The number of benzene rings is 4. The molecule has 4 nitrogen and oxygen atoms in total. The molecule has 8 heteroatoms. The van der Waals surface area contributed by atoms with Gasteiger partial charge in [-0.15, -0.1) is 24.8 Å². The lowest BCUT2D eigenvalue weighted by atomic mass is 9.81. The highest BCUT2D eigenvalue weighted by Gasteiger charge is 2.23. The first-order valence-electron chi connectivity index (χ1n) is 18.0. The standard InChI is InChI=1S/2C23H26ClNO.2ClH/c2*1-25(2)16-20-10-7-18(13-17-8-11-21(24)12-9-17)14-23(20)19-5-4-6-22(15-19)26-3;;/h2*4-6,8-9,11-15,20H,7,10,16H2,1-3H3;2*1H/b18-13+;18-13-;;. The van der Waals surface area contributed by atoms with Crippen molar-refractivity contribution in [2.75, 3.05) is 55.5 Å². The maximum absolute atomic E-state index is 6.00. The van der Waals surface area contributed by atoms with Gasteiger partial charge in [0.1, 0.15) is 11.5 Å². The van der Waals surface area contributed by atoms with Gasteiger partial charge in [0.05, 0.1) is 14.2 Å². The summed E-state index contributed by atoms with van der Waals surface area (Å²) in [5.74, 6) is 2.86. The lowest BCUT2D eigenvalue weighted by Gasteiger charge is -2.28. The fraction of sp³-hybridized carbons (Fsp3) is 0.304. The van der Waals surface area contributed by atoms with E-state index in [0.717, 1.165) is 60.3 Å². The summed E-state index contributed by atoms with van der Waals surface area (Å²) in [6, 6.07) is 32.8. The Kier molecular flexibility index (Phi) is 18.4. The van der Waals surface area contributed by atoms with Crippen LogP contribution in [0.4, 0.5) is 0 Å². The molecule has 0 heterocycles. The summed E-state index contributed by atoms with van der Waals surface area (Å²) in [6.45, 7) is 2.11. The van der Waals surface area contributed by atoms with Crippen LogP contribution in [0.5, 0.6) is 11.5 Å².